The van der Waals surface area contributed by atoms with Gasteiger partial charge in [0.15, 0.2) is 0 Å². The van der Waals surface area contributed by atoms with E-state index in [1.807, 2.05) is 0 Å². The topological polar surface area (TPSA) is 63.2 Å². The van der Waals surface area contributed by atoms with E-state index in [1.165, 1.54) is 0 Å². The van der Waals surface area contributed by atoms with E-state index in [1.54, 1.807) is 0 Å². The fraction of sp³-hybridized carbons (Fsp3) is 0.200. The molecule has 0 fully saturated rings. The first kappa shape index (κ1) is 7.87. The summed E-state index contributed by atoms with van der Waals surface area (Å²) >= 11 is 5.39. The smallest absolute Gasteiger partial charge is 0.258 e. The largest absolute Gasteiger partial charge is 0.306 e. The van der Waals surface area contributed by atoms with Gasteiger partial charge in [-0.2, -0.15) is 0 Å². The Morgan fingerprint density at radius 1 is 1.73 bits per heavy atom. The van der Waals surface area contributed by atoms with Crippen molar-refractivity contribution in [2.24, 2.45) is 0 Å². The van der Waals surface area contributed by atoms with Gasteiger partial charge in [0, 0.05) is 4.91 Å². The van der Waals surface area contributed by atoms with Crippen molar-refractivity contribution in [3.8, 4) is 0 Å². The molecule has 0 N–H and O–H groups in total. The van der Waals surface area contributed by atoms with E-state index in [9.17, 15) is 15.0 Å². The van der Waals surface area contributed by atoms with Gasteiger partial charge in [0.25, 0.3) is 5.70 Å². The zero-order valence-electron chi connectivity index (χ0n) is 5.31. The highest BCUT2D eigenvalue weighted by atomic mass is 35.5. The Labute approximate surface area is 66.7 Å². The number of nitroso groups, excluding NO2 is 1. The number of halogens is 1. The van der Waals surface area contributed by atoms with E-state index >= 15 is 0 Å². The fourth-order valence-corrected chi connectivity index (χ4v) is 0.818. The molecule has 0 aromatic carbocycles. The Hall–Kier alpha value is -1.23. The van der Waals surface area contributed by atoms with Crippen LogP contribution in [0.2, 0.25) is 0 Å². The molecule has 0 aliphatic carbocycles. The molecular formula is C5H4ClN2O3+. The molecule has 58 valence electrons. The molecule has 1 rings (SSSR count). The molecule has 0 bridgehead atoms. The van der Waals surface area contributed by atoms with Crippen molar-refractivity contribution >= 4 is 11.6 Å². The number of alkyl halides is 1. The molecule has 6 heteroatoms. The molecule has 1 aliphatic rings. The lowest BCUT2D eigenvalue weighted by atomic mass is 10.3. The zero-order valence-corrected chi connectivity index (χ0v) is 6.06. The summed E-state index contributed by atoms with van der Waals surface area (Å²) in [6, 6.07) is 0. The van der Waals surface area contributed by atoms with Gasteiger partial charge in [-0.05, 0) is 11.6 Å². The van der Waals surface area contributed by atoms with Crippen molar-refractivity contribution in [2.45, 2.75) is 5.50 Å². The van der Waals surface area contributed by atoms with Crippen LogP contribution in [0.3, 0.4) is 0 Å². The molecule has 0 aromatic rings. The van der Waals surface area contributed by atoms with Gasteiger partial charge in [-0.25, -0.2) is 0 Å². The quantitative estimate of drug-likeness (QED) is 0.197. The average molecular weight is 176 g/mol. The maximum absolute atomic E-state index is 10.6. The second kappa shape index (κ2) is 2.79. The summed E-state index contributed by atoms with van der Waals surface area (Å²) in [6.07, 6.45) is 3.20. The molecule has 1 atom stereocenters. The van der Waals surface area contributed by atoms with Crippen LogP contribution in [-0.4, -0.2) is 15.2 Å². The third-order valence-electron chi connectivity index (χ3n) is 1.15. The molecule has 0 aromatic heterocycles. The fourth-order valence-electron chi connectivity index (χ4n) is 0.624. The van der Waals surface area contributed by atoms with E-state index < -0.39 is 10.4 Å². The van der Waals surface area contributed by atoms with Gasteiger partial charge < -0.3 is 0 Å². The van der Waals surface area contributed by atoms with Gasteiger partial charge >= 0.3 is 5.50 Å². The highest BCUT2D eigenvalue weighted by Crippen LogP contribution is 2.12. The van der Waals surface area contributed by atoms with Crippen LogP contribution in [0.15, 0.2) is 24.0 Å². The molecule has 0 spiro atoms. The van der Waals surface area contributed by atoms with E-state index in [2.05, 4.69) is 0 Å². The molecule has 0 saturated carbocycles. The molecule has 11 heavy (non-hydrogen) atoms. The maximum Gasteiger partial charge on any atom is 0.306 e. The lowest BCUT2D eigenvalue weighted by Crippen LogP contribution is -2.16. The van der Waals surface area contributed by atoms with E-state index in [0.717, 1.165) is 18.4 Å². The second-order valence-corrected chi connectivity index (χ2v) is 2.34. The Bertz CT molecular complexity index is 271. The van der Waals surface area contributed by atoms with Crippen LogP contribution in [0.25, 0.3) is 0 Å². The van der Waals surface area contributed by atoms with Crippen LogP contribution in [0.5, 0.6) is 0 Å². The average Bonchev–Trinajstić information content (AvgIpc) is 1.94. The van der Waals surface area contributed by atoms with Crippen molar-refractivity contribution in [3.63, 3.8) is 0 Å². The van der Waals surface area contributed by atoms with Crippen LogP contribution in [0.4, 0.5) is 0 Å². The minimum Gasteiger partial charge on any atom is -0.258 e. The van der Waals surface area contributed by atoms with Crippen LogP contribution >= 0.6 is 11.6 Å². The Balaban J connectivity index is 2.88. The lowest BCUT2D eigenvalue weighted by molar-refractivity contribution is -0.494. The van der Waals surface area contributed by atoms with E-state index in [-0.39, 0.29) is 5.70 Å². The van der Waals surface area contributed by atoms with Crippen molar-refractivity contribution < 1.29 is 9.68 Å². The summed E-state index contributed by atoms with van der Waals surface area (Å²) in [5.41, 5.74) is -1.13. The maximum atomic E-state index is 10.6. The van der Waals surface area contributed by atoms with Gasteiger partial charge in [-0.1, -0.05) is 0 Å². The Morgan fingerprint density at radius 2 is 2.36 bits per heavy atom. The predicted octanol–water partition coefficient (Wildman–Crippen LogP) is 1.02. The molecular weight excluding hydrogens is 172 g/mol. The van der Waals surface area contributed by atoms with Gasteiger partial charge in [0.05, 0.1) is 21.8 Å². The van der Waals surface area contributed by atoms with Crippen molar-refractivity contribution in [2.75, 3.05) is 0 Å². The molecule has 5 nitrogen and oxygen atoms in total. The van der Waals surface area contributed by atoms with Gasteiger partial charge in [0.2, 0.25) is 6.20 Å². The van der Waals surface area contributed by atoms with Crippen molar-refractivity contribution in [1.82, 2.24) is 0 Å². The first-order chi connectivity index (χ1) is 5.11. The molecule has 1 aliphatic heterocycles. The summed E-state index contributed by atoms with van der Waals surface area (Å²) in [5.74, 6) is 0. The second-order valence-electron chi connectivity index (χ2n) is 1.90. The Kier molecular flexibility index (Phi) is 2.00. The zero-order chi connectivity index (χ0) is 8.43. The van der Waals surface area contributed by atoms with Crippen LogP contribution in [0.1, 0.15) is 0 Å². The monoisotopic (exact) mass is 175 g/mol. The van der Waals surface area contributed by atoms with Crippen molar-refractivity contribution in [3.05, 3.63) is 39.1 Å². The minimum absolute atomic E-state index is 0.155. The molecule has 1 unspecified atom stereocenters. The number of nitro groups is 1. The SMILES string of the molecule is O=[N+]([O-])C1=CC(Cl)[N+](=O)C=C1. The summed E-state index contributed by atoms with van der Waals surface area (Å²) in [5, 5.41) is 10.1. The van der Waals surface area contributed by atoms with Crippen molar-refractivity contribution in [1.29, 1.82) is 0 Å². The lowest BCUT2D eigenvalue weighted by Gasteiger charge is -1.96. The number of hydrogen-bond donors (Lipinski definition) is 0. The normalized spacial score (nSPS) is 23.2. The van der Waals surface area contributed by atoms with Crippen LogP contribution < -0.4 is 0 Å². The van der Waals surface area contributed by atoms with Crippen LogP contribution in [0, 0.1) is 15.0 Å². The summed E-state index contributed by atoms with van der Waals surface area (Å²) in [6.45, 7) is 0. The molecule has 0 amide bonds. The molecule has 0 radical (unpaired) electrons. The van der Waals surface area contributed by atoms with E-state index in [4.69, 9.17) is 11.6 Å². The summed E-state index contributed by atoms with van der Waals surface area (Å²) in [4.78, 5) is 20.1. The molecule has 1 heterocycles. The van der Waals surface area contributed by atoms with E-state index in [0.29, 0.717) is 4.76 Å². The van der Waals surface area contributed by atoms with Gasteiger partial charge in [-0.3, -0.25) is 10.1 Å². The summed E-state index contributed by atoms with van der Waals surface area (Å²) < 4.78 is 0.425. The highest BCUT2D eigenvalue weighted by Gasteiger charge is 2.26. The summed E-state index contributed by atoms with van der Waals surface area (Å²) in [7, 11) is 0. The first-order valence-electron chi connectivity index (χ1n) is 2.75. The molecule has 0 saturated heterocycles. The number of nitrogens with zero attached hydrogens (tertiary/aromatic N) is 2. The third-order valence-corrected chi connectivity index (χ3v) is 1.47. The Morgan fingerprint density at radius 3 is 2.82 bits per heavy atom. The first-order valence-corrected chi connectivity index (χ1v) is 3.19. The van der Waals surface area contributed by atoms with Crippen LogP contribution in [-0.2, 0) is 0 Å². The van der Waals surface area contributed by atoms with Gasteiger partial charge in [-0.15, -0.1) is 0 Å². The predicted molar refractivity (Wildman–Crippen MR) is 37.5 cm³/mol. The highest BCUT2D eigenvalue weighted by molar-refractivity contribution is 6.20. The number of allylic oxidation sites excluding steroid dienone is 1. The minimum atomic E-state index is -0.972. The standard InChI is InChI=1S/C5H4ClN2O3/c6-5-3-4(8(10)11)1-2-7(5)9/h1-3,5H/q+1. The van der Waals surface area contributed by atoms with Gasteiger partial charge in [0.1, 0.15) is 0 Å². The third kappa shape index (κ3) is 1.62. The number of rotatable bonds is 1. The number of hydrogen-bond acceptors (Lipinski definition) is 3.